The number of hydrogen-bond acceptors (Lipinski definition) is 5. The van der Waals surface area contributed by atoms with Gasteiger partial charge in [0.1, 0.15) is 5.01 Å². The van der Waals surface area contributed by atoms with E-state index >= 15 is 0 Å². The first kappa shape index (κ1) is 15.7. The topological polar surface area (TPSA) is 103 Å². The molecule has 0 spiro atoms. The molecule has 0 aliphatic carbocycles. The van der Waals surface area contributed by atoms with Crippen LogP contribution in [0.15, 0.2) is 5.38 Å². The van der Waals surface area contributed by atoms with E-state index in [0.717, 1.165) is 25.7 Å². The number of hydrogen-bond donors (Lipinski definition) is 3. The van der Waals surface area contributed by atoms with Crippen LogP contribution in [-0.4, -0.2) is 51.3 Å². The van der Waals surface area contributed by atoms with E-state index < -0.39 is 5.97 Å². The van der Waals surface area contributed by atoms with Gasteiger partial charge in [-0.15, -0.1) is 11.3 Å². The third-order valence-electron chi connectivity index (χ3n) is 3.51. The van der Waals surface area contributed by atoms with Gasteiger partial charge in [-0.3, -0.25) is 0 Å². The monoisotopic (exact) mass is 313 g/mol. The number of amides is 2. The number of carboxylic acid groups (broad SMARTS) is 1. The summed E-state index contributed by atoms with van der Waals surface area (Å²) >= 11 is 1.20. The predicted molar refractivity (Wildman–Crippen MR) is 77.4 cm³/mol. The van der Waals surface area contributed by atoms with Crippen molar-refractivity contribution in [2.45, 2.75) is 38.3 Å². The highest BCUT2D eigenvalue weighted by atomic mass is 32.1. The largest absolute Gasteiger partial charge is 0.476 e. The number of rotatable bonds is 4. The Labute approximate surface area is 126 Å². The van der Waals surface area contributed by atoms with Crippen molar-refractivity contribution in [1.82, 2.24) is 15.2 Å². The lowest BCUT2D eigenvalue weighted by molar-refractivity contribution is 0.0691. The van der Waals surface area contributed by atoms with Crippen molar-refractivity contribution in [2.75, 3.05) is 13.2 Å². The number of likely N-dealkylation sites (tertiary alicyclic amines) is 1. The number of thiazole rings is 1. The van der Waals surface area contributed by atoms with Gasteiger partial charge in [-0.05, 0) is 12.8 Å². The van der Waals surface area contributed by atoms with Crippen molar-refractivity contribution in [3.8, 4) is 0 Å². The first-order valence-electron chi connectivity index (χ1n) is 6.95. The van der Waals surface area contributed by atoms with Gasteiger partial charge in [0.05, 0.1) is 19.2 Å². The molecular formula is C13H19N3O4S. The SMILES string of the molecule is O=C(O)c1csc(CNC(=O)N2CCCCCC2CO)n1. The minimum atomic E-state index is -1.07. The first-order chi connectivity index (χ1) is 10.1. The zero-order chi connectivity index (χ0) is 15.2. The maximum atomic E-state index is 12.2. The molecule has 0 bridgehead atoms. The molecule has 1 fully saturated rings. The number of aromatic carboxylic acids is 1. The maximum absolute atomic E-state index is 12.2. The van der Waals surface area contributed by atoms with Gasteiger partial charge in [-0.1, -0.05) is 12.8 Å². The summed E-state index contributed by atoms with van der Waals surface area (Å²) < 4.78 is 0. The fourth-order valence-electron chi connectivity index (χ4n) is 2.38. The zero-order valence-electron chi connectivity index (χ0n) is 11.6. The van der Waals surface area contributed by atoms with Gasteiger partial charge in [0, 0.05) is 11.9 Å². The molecule has 0 aromatic carbocycles. The number of nitrogens with one attached hydrogen (secondary N) is 1. The normalized spacial score (nSPS) is 19.1. The van der Waals surface area contributed by atoms with E-state index in [0.29, 0.717) is 11.6 Å². The molecule has 1 atom stereocenters. The Morgan fingerprint density at radius 1 is 1.43 bits per heavy atom. The van der Waals surface area contributed by atoms with E-state index in [1.165, 1.54) is 16.7 Å². The molecular weight excluding hydrogens is 294 g/mol. The van der Waals surface area contributed by atoms with Gasteiger partial charge >= 0.3 is 12.0 Å². The second kappa shape index (κ2) is 7.37. The van der Waals surface area contributed by atoms with Crippen LogP contribution in [0.3, 0.4) is 0 Å². The Morgan fingerprint density at radius 3 is 2.90 bits per heavy atom. The Hall–Kier alpha value is -1.67. The number of aliphatic hydroxyl groups excluding tert-OH is 1. The number of carbonyl (C=O) groups excluding carboxylic acids is 1. The van der Waals surface area contributed by atoms with E-state index in [2.05, 4.69) is 10.3 Å². The molecule has 116 valence electrons. The highest BCUT2D eigenvalue weighted by molar-refractivity contribution is 7.09. The Morgan fingerprint density at radius 2 is 2.24 bits per heavy atom. The molecule has 1 aromatic rings. The van der Waals surface area contributed by atoms with E-state index in [1.54, 1.807) is 4.90 Å². The maximum Gasteiger partial charge on any atom is 0.355 e. The van der Waals surface area contributed by atoms with Gasteiger partial charge in [-0.2, -0.15) is 0 Å². The van der Waals surface area contributed by atoms with Gasteiger partial charge in [0.2, 0.25) is 0 Å². The third kappa shape index (κ3) is 4.15. The van der Waals surface area contributed by atoms with Crippen molar-refractivity contribution in [2.24, 2.45) is 0 Å². The summed E-state index contributed by atoms with van der Waals surface area (Å²) in [6.07, 6.45) is 3.83. The van der Waals surface area contributed by atoms with Crippen LogP contribution in [0.4, 0.5) is 4.79 Å². The lowest BCUT2D eigenvalue weighted by atomic mass is 10.1. The smallest absolute Gasteiger partial charge is 0.355 e. The van der Waals surface area contributed by atoms with Crippen LogP contribution in [0.25, 0.3) is 0 Å². The molecule has 1 saturated heterocycles. The van der Waals surface area contributed by atoms with Crippen LogP contribution in [0.1, 0.15) is 41.2 Å². The van der Waals surface area contributed by atoms with E-state index in [9.17, 15) is 14.7 Å². The Bertz CT molecular complexity index is 505. The molecule has 2 rings (SSSR count). The minimum absolute atomic E-state index is 0.00717. The van der Waals surface area contributed by atoms with E-state index in [-0.39, 0.29) is 30.9 Å². The van der Waals surface area contributed by atoms with E-state index in [1.807, 2.05) is 0 Å². The molecule has 7 nitrogen and oxygen atoms in total. The number of nitrogens with zero attached hydrogens (tertiary/aromatic N) is 2. The predicted octanol–water partition coefficient (Wildman–Crippen LogP) is 1.29. The number of aromatic nitrogens is 1. The van der Waals surface area contributed by atoms with Crippen molar-refractivity contribution in [1.29, 1.82) is 0 Å². The summed E-state index contributed by atoms with van der Waals surface area (Å²) in [6, 6.07) is -0.374. The average Bonchev–Trinajstić information content (AvgIpc) is 2.82. The summed E-state index contributed by atoms with van der Waals surface area (Å²) in [5.74, 6) is -1.07. The molecule has 1 aliphatic rings. The average molecular weight is 313 g/mol. The third-order valence-corrected chi connectivity index (χ3v) is 4.36. The highest BCUT2D eigenvalue weighted by Gasteiger charge is 2.24. The molecule has 0 radical (unpaired) electrons. The minimum Gasteiger partial charge on any atom is -0.476 e. The standard InChI is InChI=1S/C13H19N3O4S/c17-7-9-4-2-1-3-5-16(9)13(20)14-6-11-15-10(8-21-11)12(18)19/h8-9,17H,1-7H2,(H,14,20)(H,18,19). The van der Waals surface area contributed by atoms with Gasteiger partial charge in [0.15, 0.2) is 5.69 Å². The van der Waals surface area contributed by atoms with Crippen LogP contribution < -0.4 is 5.32 Å². The van der Waals surface area contributed by atoms with Crippen molar-refractivity contribution < 1.29 is 19.8 Å². The second-order valence-electron chi connectivity index (χ2n) is 4.97. The molecule has 21 heavy (non-hydrogen) atoms. The van der Waals surface area contributed by atoms with Crippen LogP contribution in [-0.2, 0) is 6.54 Å². The summed E-state index contributed by atoms with van der Waals surface area (Å²) in [6.45, 7) is 0.800. The van der Waals surface area contributed by atoms with Crippen LogP contribution in [0, 0.1) is 0 Å². The van der Waals surface area contributed by atoms with Crippen molar-refractivity contribution in [3.63, 3.8) is 0 Å². The molecule has 1 aliphatic heterocycles. The second-order valence-corrected chi connectivity index (χ2v) is 5.91. The summed E-state index contributed by atoms with van der Waals surface area (Å²) in [5, 5.41) is 22.9. The van der Waals surface area contributed by atoms with Crippen LogP contribution in [0.5, 0.6) is 0 Å². The molecule has 1 unspecified atom stereocenters. The van der Waals surface area contributed by atoms with Gasteiger partial charge < -0.3 is 20.4 Å². The number of carboxylic acids is 1. The Kier molecular flexibility index (Phi) is 5.51. The lowest BCUT2D eigenvalue weighted by Crippen LogP contribution is -2.47. The Balaban J connectivity index is 1.91. The molecule has 2 amide bonds. The fourth-order valence-corrected chi connectivity index (χ4v) is 3.09. The van der Waals surface area contributed by atoms with Crippen LogP contribution in [0.2, 0.25) is 0 Å². The van der Waals surface area contributed by atoms with E-state index in [4.69, 9.17) is 5.11 Å². The van der Waals surface area contributed by atoms with Gasteiger partial charge in [-0.25, -0.2) is 14.6 Å². The fraction of sp³-hybridized carbons (Fsp3) is 0.615. The molecule has 8 heteroatoms. The molecule has 0 saturated carbocycles. The quantitative estimate of drug-likeness (QED) is 0.777. The summed E-state index contributed by atoms with van der Waals surface area (Å²) in [5.41, 5.74) is -0.00717. The molecule has 3 N–H and O–H groups in total. The molecule has 2 heterocycles. The summed E-state index contributed by atoms with van der Waals surface area (Å²) in [7, 11) is 0. The van der Waals surface area contributed by atoms with Crippen molar-refractivity contribution in [3.05, 3.63) is 16.1 Å². The molecule has 1 aromatic heterocycles. The number of carbonyl (C=O) groups is 2. The first-order valence-corrected chi connectivity index (χ1v) is 7.83. The highest BCUT2D eigenvalue weighted by Crippen LogP contribution is 2.17. The van der Waals surface area contributed by atoms with Crippen molar-refractivity contribution >= 4 is 23.3 Å². The lowest BCUT2D eigenvalue weighted by Gasteiger charge is -2.28. The van der Waals surface area contributed by atoms with Crippen LogP contribution >= 0.6 is 11.3 Å². The number of urea groups is 1. The number of aliphatic hydroxyl groups is 1. The van der Waals surface area contributed by atoms with Gasteiger partial charge in [0.25, 0.3) is 0 Å². The summed E-state index contributed by atoms with van der Waals surface area (Å²) in [4.78, 5) is 28.5. The zero-order valence-corrected chi connectivity index (χ0v) is 12.4.